The number of halogens is 1. The first-order chi connectivity index (χ1) is 9.60. The van der Waals surface area contributed by atoms with Gasteiger partial charge in [-0.05, 0) is 39.7 Å². The zero-order valence-electron chi connectivity index (χ0n) is 11.8. The molecule has 0 bridgehead atoms. The first kappa shape index (κ1) is 16.5. The topological polar surface area (TPSA) is 60.7 Å². The summed E-state index contributed by atoms with van der Waals surface area (Å²) in [6, 6.07) is 5.65. The van der Waals surface area contributed by atoms with Crippen molar-refractivity contribution in [1.82, 2.24) is 0 Å². The fourth-order valence-corrected chi connectivity index (χ4v) is 2.33. The van der Waals surface area contributed by atoms with E-state index in [1.807, 2.05) is 6.07 Å². The normalized spacial score (nSPS) is 11.3. The summed E-state index contributed by atoms with van der Waals surface area (Å²) in [4.78, 5) is 0. The van der Waals surface area contributed by atoms with Crippen molar-refractivity contribution in [3.05, 3.63) is 27.7 Å². The van der Waals surface area contributed by atoms with Crippen LogP contribution in [0.15, 0.2) is 22.2 Å². The van der Waals surface area contributed by atoms with Gasteiger partial charge in [0.1, 0.15) is 6.07 Å². The maximum atomic E-state index is 9.17. The van der Waals surface area contributed by atoms with E-state index in [0.29, 0.717) is 17.1 Å². The third-order valence-corrected chi connectivity index (χ3v) is 3.18. The summed E-state index contributed by atoms with van der Waals surface area (Å²) in [6.45, 7) is 0. The van der Waals surface area contributed by atoms with Crippen LogP contribution < -0.4 is 9.47 Å². The smallest absolute Gasteiger partial charge is 0.193 e. The molecule has 0 fully saturated rings. The average Bonchev–Trinajstić information content (AvgIpc) is 2.46. The van der Waals surface area contributed by atoms with E-state index in [9.17, 15) is 5.26 Å². The van der Waals surface area contributed by atoms with Gasteiger partial charge in [-0.2, -0.15) is 5.26 Å². The van der Waals surface area contributed by atoms with Gasteiger partial charge >= 0.3 is 0 Å². The molecule has 5 nitrogen and oxygen atoms in total. The summed E-state index contributed by atoms with van der Waals surface area (Å²) in [5.41, 5.74) is 1.12. The molecule has 0 atom stereocenters. The number of hydrogen-bond acceptors (Lipinski definition) is 5. The van der Waals surface area contributed by atoms with Crippen LogP contribution in [-0.2, 0) is 9.47 Å². The Kier molecular flexibility index (Phi) is 6.52. The molecule has 0 aromatic heterocycles. The molecule has 108 valence electrons. The lowest BCUT2D eigenvalue weighted by molar-refractivity contribution is -0.0712. The minimum absolute atomic E-state index is 0.356. The fraction of sp³-hybridized carbons (Fsp3) is 0.357. The zero-order chi connectivity index (χ0) is 15.1. The van der Waals surface area contributed by atoms with Crippen LogP contribution in [0.4, 0.5) is 0 Å². The molecule has 20 heavy (non-hydrogen) atoms. The van der Waals surface area contributed by atoms with Crippen LogP contribution in [0.5, 0.6) is 11.5 Å². The van der Waals surface area contributed by atoms with Gasteiger partial charge in [-0.3, -0.25) is 0 Å². The molecule has 0 spiro atoms. The molecule has 0 saturated heterocycles. The first-order valence-corrected chi connectivity index (χ1v) is 6.49. The molecule has 0 aliphatic heterocycles. The second-order valence-corrected chi connectivity index (χ2v) is 4.61. The van der Waals surface area contributed by atoms with Crippen molar-refractivity contribution in [2.75, 3.05) is 28.4 Å². The lowest BCUT2D eigenvalue weighted by Crippen LogP contribution is -2.14. The molecule has 1 aromatic carbocycles. The maximum Gasteiger partial charge on any atom is 0.193 e. The van der Waals surface area contributed by atoms with E-state index in [-0.39, 0.29) is 0 Å². The lowest BCUT2D eigenvalue weighted by Gasteiger charge is -2.13. The largest absolute Gasteiger partial charge is 0.493 e. The summed E-state index contributed by atoms with van der Waals surface area (Å²) in [6.07, 6.45) is 0.969. The Balaban J connectivity index is 3.27. The SMILES string of the molecule is COc1cc(/C=C(/C#N)C(OC)OC)cc(Br)c1OC. The van der Waals surface area contributed by atoms with E-state index in [1.54, 1.807) is 26.4 Å². The van der Waals surface area contributed by atoms with Crippen molar-refractivity contribution in [3.8, 4) is 17.6 Å². The second kappa shape index (κ2) is 7.90. The van der Waals surface area contributed by atoms with Gasteiger partial charge in [-0.15, -0.1) is 0 Å². The van der Waals surface area contributed by atoms with Gasteiger partial charge in [0.15, 0.2) is 17.8 Å². The van der Waals surface area contributed by atoms with E-state index in [2.05, 4.69) is 22.0 Å². The number of rotatable bonds is 6. The lowest BCUT2D eigenvalue weighted by atomic mass is 10.1. The Morgan fingerprint density at radius 2 is 1.85 bits per heavy atom. The minimum atomic E-state index is -0.702. The fourth-order valence-electron chi connectivity index (χ4n) is 1.70. The van der Waals surface area contributed by atoms with Crippen LogP contribution in [0.25, 0.3) is 6.08 Å². The van der Waals surface area contributed by atoms with Crippen molar-refractivity contribution in [3.63, 3.8) is 0 Å². The summed E-state index contributed by atoms with van der Waals surface area (Å²) >= 11 is 3.40. The highest BCUT2D eigenvalue weighted by molar-refractivity contribution is 9.10. The van der Waals surface area contributed by atoms with Crippen molar-refractivity contribution in [2.45, 2.75) is 6.29 Å². The molecule has 0 aliphatic rings. The molecular weight excluding hydrogens is 326 g/mol. The Labute approximate surface area is 126 Å². The van der Waals surface area contributed by atoms with E-state index >= 15 is 0 Å². The number of benzene rings is 1. The average molecular weight is 342 g/mol. The predicted octanol–water partition coefficient (Wildman–Crippen LogP) is 2.99. The van der Waals surface area contributed by atoms with Gasteiger partial charge in [0.05, 0.1) is 24.3 Å². The van der Waals surface area contributed by atoms with Crippen molar-refractivity contribution in [2.24, 2.45) is 0 Å². The highest BCUT2D eigenvalue weighted by Gasteiger charge is 2.14. The summed E-state index contributed by atoms with van der Waals surface area (Å²) in [5, 5.41) is 9.17. The Morgan fingerprint density at radius 1 is 1.20 bits per heavy atom. The van der Waals surface area contributed by atoms with Gasteiger partial charge in [0.2, 0.25) is 0 Å². The first-order valence-electron chi connectivity index (χ1n) is 5.70. The standard InChI is InChI=1S/C14H16BrNO4/c1-17-12-7-9(6-11(15)13(12)18-2)5-10(8-16)14(19-3)20-4/h5-7,14H,1-4H3/b10-5-. The highest BCUT2D eigenvalue weighted by Crippen LogP contribution is 2.36. The third-order valence-electron chi connectivity index (χ3n) is 2.59. The number of nitriles is 1. The Morgan fingerprint density at radius 3 is 2.30 bits per heavy atom. The predicted molar refractivity (Wildman–Crippen MR) is 78.6 cm³/mol. The highest BCUT2D eigenvalue weighted by atomic mass is 79.9. The Bertz CT molecular complexity index is 533. The second-order valence-electron chi connectivity index (χ2n) is 3.75. The number of methoxy groups -OCH3 is 4. The van der Waals surface area contributed by atoms with Crippen LogP contribution in [-0.4, -0.2) is 34.7 Å². The van der Waals surface area contributed by atoms with Crippen LogP contribution in [0.1, 0.15) is 5.56 Å². The van der Waals surface area contributed by atoms with E-state index in [4.69, 9.17) is 18.9 Å². The Hall–Kier alpha value is -1.55. The summed E-state index contributed by atoms with van der Waals surface area (Å²) in [5.74, 6) is 1.16. The summed E-state index contributed by atoms with van der Waals surface area (Å²) < 4.78 is 21.4. The van der Waals surface area contributed by atoms with Crippen LogP contribution in [0.2, 0.25) is 0 Å². The number of nitrogens with zero attached hydrogens (tertiary/aromatic N) is 1. The molecule has 0 unspecified atom stereocenters. The molecule has 1 rings (SSSR count). The van der Waals surface area contributed by atoms with Crippen LogP contribution >= 0.6 is 15.9 Å². The zero-order valence-corrected chi connectivity index (χ0v) is 13.4. The van der Waals surface area contributed by atoms with Crippen molar-refractivity contribution < 1.29 is 18.9 Å². The van der Waals surface area contributed by atoms with Crippen molar-refractivity contribution in [1.29, 1.82) is 5.26 Å². The van der Waals surface area contributed by atoms with Gasteiger partial charge in [-0.1, -0.05) is 0 Å². The van der Waals surface area contributed by atoms with Gasteiger partial charge in [0.25, 0.3) is 0 Å². The molecule has 0 aliphatic carbocycles. The molecule has 0 amide bonds. The third kappa shape index (κ3) is 3.73. The van der Waals surface area contributed by atoms with Crippen LogP contribution in [0, 0.1) is 11.3 Å². The number of hydrogen-bond donors (Lipinski definition) is 0. The van der Waals surface area contributed by atoms with E-state index < -0.39 is 6.29 Å². The molecule has 1 aromatic rings. The monoisotopic (exact) mass is 341 g/mol. The van der Waals surface area contributed by atoms with Crippen molar-refractivity contribution >= 4 is 22.0 Å². The van der Waals surface area contributed by atoms with E-state index in [1.165, 1.54) is 14.2 Å². The molecule has 0 N–H and O–H groups in total. The van der Waals surface area contributed by atoms with Gasteiger partial charge in [0, 0.05) is 14.2 Å². The molecule has 0 radical (unpaired) electrons. The van der Waals surface area contributed by atoms with Gasteiger partial charge in [-0.25, -0.2) is 0 Å². The molecule has 0 heterocycles. The molecule has 6 heteroatoms. The van der Waals surface area contributed by atoms with Crippen LogP contribution in [0.3, 0.4) is 0 Å². The molecular formula is C14H16BrNO4. The minimum Gasteiger partial charge on any atom is -0.493 e. The summed E-state index contributed by atoms with van der Waals surface area (Å²) in [7, 11) is 6.06. The molecule has 0 saturated carbocycles. The van der Waals surface area contributed by atoms with E-state index in [0.717, 1.165) is 10.0 Å². The quantitative estimate of drug-likeness (QED) is 0.588. The maximum absolute atomic E-state index is 9.17. The van der Waals surface area contributed by atoms with Gasteiger partial charge < -0.3 is 18.9 Å². The number of ether oxygens (including phenoxy) is 4.